The van der Waals surface area contributed by atoms with Gasteiger partial charge in [-0.3, -0.25) is 9.78 Å². The largest absolute Gasteiger partial charge is 0.302 e. The molecule has 0 radical (unpaired) electrons. The van der Waals surface area contributed by atoms with Crippen molar-refractivity contribution in [3.05, 3.63) is 60.2 Å². The molecule has 0 saturated carbocycles. The summed E-state index contributed by atoms with van der Waals surface area (Å²) in [7, 11) is 0. The molecule has 9 heteroatoms. The molecule has 0 aliphatic carbocycles. The van der Waals surface area contributed by atoms with E-state index in [0.717, 1.165) is 22.6 Å². The number of hydrogen-bond donors (Lipinski definition) is 1. The standard InChI is InChI=1S/C21H20N6OS2/c1-3-27-18(16-9-11-22-12-10-16)25-26-21(27)30-14(2)19(28)24-20-23-17(13-29-20)15-7-5-4-6-8-15/h4-14H,3H2,1-2H3,(H,23,24,28). The predicted molar refractivity (Wildman–Crippen MR) is 120 cm³/mol. The summed E-state index contributed by atoms with van der Waals surface area (Å²) in [6.07, 6.45) is 3.45. The van der Waals surface area contributed by atoms with Crippen LogP contribution in [0.25, 0.3) is 22.6 Å². The van der Waals surface area contributed by atoms with Crippen LogP contribution in [0, 0.1) is 0 Å². The second kappa shape index (κ2) is 9.19. The molecular weight excluding hydrogens is 416 g/mol. The molecule has 1 amide bonds. The molecule has 0 saturated heterocycles. The molecule has 0 bridgehead atoms. The first-order valence-electron chi connectivity index (χ1n) is 9.47. The van der Waals surface area contributed by atoms with Gasteiger partial charge < -0.3 is 9.88 Å². The number of hydrogen-bond acceptors (Lipinski definition) is 7. The lowest BCUT2D eigenvalue weighted by Gasteiger charge is -2.11. The first-order valence-corrected chi connectivity index (χ1v) is 11.2. The van der Waals surface area contributed by atoms with Gasteiger partial charge in [-0.25, -0.2) is 4.98 Å². The molecule has 4 aromatic rings. The van der Waals surface area contributed by atoms with Gasteiger partial charge in [0.2, 0.25) is 5.91 Å². The van der Waals surface area contributed by atoms with Gasteiger partial charge in [0.15, 0.2) is 16.1 Å². The summed E-state index contributed by atoms with van der Waals surface area (Å²) in [5.74, 6) is 0.646. The maximum absolute atomic E-state index is 12.7. The molecular formula is C21H20N6OS2. The Kier molecular flexibility index (Phi) is 6.20. The van der Waals surface area contributed by atoms with Crippen LogP contribution in [0.2, 0.25) is 0 Å². The fourth-order valence-electron chi connectivity index (χ4n) is 2.87. The van der Waals surface area contributed by atoms with E-state index in [1.165, 1.54) is 23.1 Å². The van der Waals surface area contributed by atoms with Crippen molar-refractivity contribution >= 4 is 34.1 Å². The molecule has 152 valence electrons. The molecule has 0 aliphatic heterocycles. The van der Waals surface area contributed by atoms with E-state index in [0.29, 0.717) is 16.8 Å². The van der Waals surface area contributed by atoms with Crippen LogP contribution in [0.3, 0.4) is 0 Å². The Labute approximate surface area is 182 Å². The molecule has 1 N–H and O–H groups in total. The molecule has 0 fully saturated rings. The summed E-state index contributed by atoms with van der Waals surface area (Å²) in [6.45, 7) is 4.59. The lowest BCUT2D eigenvalue weighted by molar-refractivity contribution is -0.115. The van der Waals surface area contributed by atoms with Crippen molar-refractivity contribution in [1.82, 2.24) is 24.7 Å². The summed E-state index contributed by atoms with van der Waals surface area (Å²) >= 11 is 2.79. The maximum Gasteiger partial charge on any atom is 0.239 e. The zero-order chi connectivity index (χ0) is 20.9. The Morgan fingerprint density at radius 2 is 1.90 bits per heavy atom. The number of anilines is 1. The lowest BCUT2D eigenvalue weighted by atomic mass is 10.2. The van der Waals surface area contributed by atoms with Crippen LogP contribution >= 0.6 is 23.1 Å². The van der Waals surface area contributed by atoms with E-state index in [9.17, 15) is 4.79 Å². The number of rotatable bonds is 7. The third kappa shape index (κ3) is 4.42. The van der Waals surface area contributed by atoms with Gasteiger partial charge in [0, 0.05) is 35.4 Å². The van der Waals surface area contributed by atoms with Gasteiger partial charge in [-0.05, 0) is 26.0 Å². The first-order chi connectivity index (χ1) is 14.7. The van der Waals surface area contributed by atoms with Crippen LogP contribution < -0.4 is 5.32 Å². The molecule has 1 atom stereocenters. The Balaban J connectivity index is 1.44. The minimum absolute atomic E-state index is 0.120. The highest BCUT2D eigenvalue weighted by Crippen LogP contribution is 2.28. The van der Waals surface area contributed by atoms with E-state index >= 15 is 0 Å². The van der Waals surface area contributed by atoms with E-state index < -0.39 is 0 Å². The van der Waals surface area contributed by atoms with Gasteiger partial charge in [0.1, 0.15) is 0 Å². The van der Waals surface area contributed by atoms with Crippen LogP contribution in [0.1, 0.15) is 13.8 Å². The number of aromatic nitrogens is 5. The van der Waals surface area contributed by atoms with Gasteiger partial charge in [-0.1, -0.05) is 42.1 Å². The topological polar surface area (TPSA) is 85.6 Å². The summed E-state index contributed by atoms with van der Waals surface area (Å²) in [5, 5.41) is 14.4. The van der Waals surface area contributed by atoms with Gasteiger partial charge in [0.05, 0.1) is 10.9 Å². The number of benzene rings is 1. The molecule has 3 aromatic heterocycles. The van der Waals surface area contributed by atoms with Crippen molar-refractivity contribution in [3.63, 3.8) is 0 Å². The average Bonchev–Trinajstić information content (AvgIpc) is 3.41. The molecule has 0 aliphatic rings. The van der Waals surface area contributed by atoms with Crippen LogP contribution in [-0.2, 0) is 11.3 Å². The van der Waals surface area contributed by atoms with Crippen molar-refractivity contribution in [2.45, 2.75) is 30.8 Å². The number of nitrogens with one attached hydrogen (secondary N) is 1. The van der Waals surface area contributed by atoms with Crippen molar-refractivity contribution in [1.29, 1.82) is 0 Å². The second-order valence-electron chi connectivity index (χ2n) is 6.44. The SMILES string of the molecule is CCn1c(SC(C)C(=O)Nc2nc(-c3ccccc3)cs2)nnc1-c1ccncc1. The lowest BCUT2D eigenvalue weighted by Crippen LogP contribution is -2.22. The number of nitrogens with zero attached hydrogens (tertiary/aromatic N) is 5. The number of amides is 1. The second-order valence-corrected chi connectivity index (χ2v) is 8.61. The number of pyridine rings is 1. The van der Waals surface area contributed by atoms with Crippen molar-refractivity contribution in [3.8, 4) is 22.6 Å². The van der Waals surface area contributed by atoms with Gasteiger partial charge in [-0.2, -0.15) is 0 Å². The molecule has 7 nitrogen and oxygen atoms in total. The summed E-state index contributed by atoms with van der Waals surface area (Å²) in [5.41, 5.74) is 2.82. The normalized spacial score (nSPS) is 11.9. The monoisotopic (exact) mass is 436 g/mol. The Morgan fingerprint density at radius 3 is 2.63 bits per heavy atom. The third-order valence-corrected chi connectivity index (χ3v) is 6.27. The predicted octanol–water partition coefficient (Wildman–Crippen LogP) is 4.60. The number of carbonyl (C=O) groups excluding carboxylic acids is 1. The Hall–Kier alpha value is -3.04. The van der Waals surface area contributed by atoms with Crippen LogP contribution in [-0.4, -0.2) is 35.9 Å². The Morgan fingerprint density at radius 1 is 1.13 bits per heavy atom. The Bertz CT molecular complexity index is 1130. The van der Waals surface area contributed by atoms with Crippen LogP contribution in [0.4, 0.5) is 5.13 Å². The molecule has 4 rings (SSSR count). The van der Waals surface area contributed by atoms with Crippen LogP contribution in [0.15, 0.2) is 65.4 Å². The number of thiazole rings is 1. The van der Waals surface area contributed by atoms with E-state index in [2.05, 4.69) is 25.5 Å². The number of thioether (sulfide) groups is 1. The van der Waals surface area contributed by atoms with Crippen molar-refractivity contribution < 1.29 is 4.79 Å². The molecule has 3 heterocycles. The summed E-state index contributed by atoms with van der Waals surface area (Å²) < 4.78 is 2.00. The highest BCUT2D eigenvalue weighted by atomic mass is 32.2. The fourth-order valence-corrected chi connectivity index (χ4v) is 4.50. The fraction of sp³-hybridized carbons (Fsp3) is 0.190. The zero-order valence-electron chi connectivity index (χ0n) is 16.5. The smallest absolute Gasteiger partial charge is 0.239 e. The number of carbonyl (C=O) groups is 1. The van der Waals surface area contributed by atoms with Gasteiger partial charge >= 0.3 is 0 Å². The van der Waals surface area contributed by atoms with E-state index in [4.69, 9.17) is 0 Å². The van der Waals surface area contributed by atoms with E-state index in [1.807, 2.05) is 66.3 Å². The zero-order valence-corrected chi connectivity index (χ0v) is 18.2. The third-order valence-electron chi connectivity index (χ3n) is 4.43. The summed E-state index contributed by atoms with van der Waals surface area (Å²) in [4.78, 5) is 21.3. The first kappa shape index (κ1) is 20.2. The molecule has 1 aromatic carbocycles. The van der Waals surface area contributed by atoms with E-state index in [-0.39, 0.29) is 11.2 Å². The maximum atomic E-state index is 12.7. The minimum atomic E-state index is -0.353. The highest BCUT2D eigenvalue weighted by Gasteiger charge is 2.21. The van der Waals surface area contributed by atoms with Gasteiger partial charge in [0.25, 0.3) is 0 Å². The van der Waals surface area contributed by atoms with Crippen molar-refractivity contribution in [2.75, 3.05) is 5.32 Å². The molecule has 0 spiro atoms. The average molecular weight is 437 g/mol. The molecule has 30 heavy (non-hydrogen) atoms. The van der Waals surface area contributed by atoms with Crippen molar-refractivity contribution in [2.24, 2.45) is 0 Å². The quantitative estimate of drug-likeness (QED) is 0.426. The van der Waals surface area contributed by atoms with E-state index in [1.54, 1.807) is 12.4 Å². The minimum Gasteiger partial charge on any atom is -0.302 e. The molecule has 1 unspecified atom stereocenters. The highest BCUT2D eigenvalue weighted by molar-refractivity contribution is 8.00. The van der Waals surface area contributed by atoms with Gasteiger partial charge in [-0.15, -0.1) is 21.5 Å². The van der Waals surface area contributed by atoms with Crippen LogP contribution in [0.5, 0.6) is 0 Å². The summed E-state index contributed by atoms with van der Waals surface area (Å²) in [6, 6.07) is 13.7.